The van der Waals surface area contributed by atoms with E-state index in [1.807, 2.05) is 78.9 Å². The molecular weight excluding hydrogens is 340 g/mol. The Balaban J connectivity index is 1.82. The second kappa shape index (κ2) is 9.15. The third-order valence-corrected chi connectivity index (χ3v) is 3.75. The Morgan fingerprint density at radius 2 is 1.33 bits per heavy atom. The number of ether oxygens (including phenoxy) is 2. The average Bonchev–Trinajstić information content (AvgIpc) is 2.75. The topological polar surface area (TPSA) is 67.6 Å². The second-order valence-electron chi connectivity index (χ2n) is 5.54. The number of methoxy groups -OCH3 is 2. The molecule has 1 N–H and O–H groups in total. The second-order valence-corrected chi connectivity index (χ2v) is 5.54. The predicted octanol–water partition coefficient (Wildman–Crippen LogP) is 5.26. The van der Waals surface area contributed by atoms with Crippen LogP contribution in [0.3, 0.4) is 0 Å². The summed E-state index contributed by atoms with van der Waals surface area (Å²) < 4.78 is 10.3. The Morgan fingerprint density at radius 1 is 0.741 bits per heavy atom. The number of hydrogen-bond donors (Lipinski definition) is 1. The van der Waals surface area contributed by atoms with Crippen LogP contribution in [0.25, 0.3) is 0 Å². The number of nitrogens with one attached hydrogen (secondary N) is 1. The fraction of sp³-hybridized carbons (Fsp3) is 0.0952. The minimum Gasteiger partial charge on any atom is -0.497 e. The van der Waals surface area contributed by atoms with Crippen LogP contribution in [0, 0.1) is 0 Å². The summed E-state index contributed by atoms with van der Waals surface area (Å²) in [5.41, 5.74) is 5.40. The van der Waals surface area contributed by atoms with E-state index in [4.69, 9.17) is 9.47 Å². The third-order valence-electron chi connectivity index (χ3n) is 3.75. The molecular formula is C21H20N4O2. The normalized spacial score (nSPS) is 11.4. The van der Waals surface area contributed by atoms with Crippen LogP contribution in [-0.2, 0) is 0 Å². The van der Waals surface area contributed by atoms with Gasteiger partial charge in [-0.25, -0.2) is 0 Å². The number of anilines is 1. The fourth-order valence-corrected chi connectivity index (χ4v) is 2.27. The monoisotopic (exact) mass is 360 g/mol. The number of rotatable bonds is 6. The van der Waals surface area contributed by atoms with Crippen molar-refractivity contribution >= 4 is 17.2 Å². The predicted molar refractivity (Wildman–Crippen MR) is 107 cm³/mol. The highest BCUT2D eigenvalue weighted by Gasteiger charge is 2.03. The zero-order valence-corrected chi connectivity index (χ0v) is 15.2. The molecule has 0 bridgehead atoms. The molecule has 6 nitrogen and oxygen atoms in total. The van der Waals surface area contributed by atoms with Crippen molar-refractivity contribution in [2.45, 2.75) is 0 Å². The van der Waals surface area contributed by atoms with Crippen LogP contribution in [0.15, 0.2) is 94.2 Å². The SMILES string of the molecule is COc1ccc(N=N/C(=N\Nc2ccc(OC)cc2)c2ccccc2)cc1. The van der Waals surface area contributed by atoms with Crippen molar-refractivity contribution in [1.29, 1.82) is 0 Å². The zero-order valence-electron chi connectivity index (χ0n) is 15.2. The van der Waals surface area contributed by atoms with Gasteiger partial charge in [0.1, 0.15) is 11.5 Å². The van der Waals surface area contributed by atoms with E-state index >= 15 is 0 Å². The lowest BCUT2D eigenvalue weighted by Crippen LogP contribution is -2.01. The molecule has 3 aromatic rings. The first-order valence-electron chi connectivity index (χ1n) is 8.37. The quantitative estimate of drug-likeness (QED) is 0.282. The molecule has 0 aliphatic heterocycles. The molecule has 27 heavy (non-hydrogen) atoms. The van der Waals surface area contributed by atoms with E-state index in [-0.39, 0.29) is 0 Å². The van der Waals surface area contributed by atoms with Crippen molar-refractivity contribution in [1.82, 2.24) is 0 Å². The maximum absolute atomic E-state index is 5.16. The molecule has 0 aliphatic rings. The van der Waals surface area contributed by atoms with Crippen LogP contribution in [0.4, 0.5) is 11.4 Å². The first-order chi connectivity index (χ1) is 13.3. The van der Waals surface area contributed by atoms with Crippen LogP contribution in [0.5, 0.6) is 11.5 Å². The van der Waals surface area contributed by atoms with Crippen molar-refractivity contribution in [2.75, 3.05) is 19.6 Å². The van der Waals surface area contributed by atoms with Gasteiger partial charge in [-0.05, 0) is 48.5 Å². The molecule has 0 heterocycles. The maximum atomic E-state index is 5.16. The first-order valence-corrected chi connectivity index (χ1v) is 8.37. The van der Waals surface area contributed by atoms with Gasteiger partial charge in [0, 0.05) is 5.56 Å². The van der Waals surface area contributed by atoms with Crippen molar-refractivity contribution in [3.05, 3.63) is 84.4 Å². The Hall–Kier alpha value is -3.67. The molecule has 0 fully saturated rings. The average molecular weight is 360 g/mol. The van der Waals surface area contributed by atoms with Gasteiger partial charge in [-0.1, -0.05) is 30.3 Å². The molecule has 0 amide bonds. The van der Waals surface area contributed by atoms with Crippen LogP contribution in [0.1, 0.15) is 5.56 Å². The molecule has 3 aromatic carbocycles. The maximum Gasteiger partial charge on any atom is 0.201 e. The smallest absolute Gasteiger partial charge is 0.201 e. The number of hydrogen-bond acceptors (Lipinski definition) is 5. The van der Waals surface area contributed by atoms with Crippen LogP contribution in [0.2, 0.25) is 0 Å². The van der Waals surface area contributed by atoms with E-state index in [0.717, 1.165) is 22.7 Å². The largest absolute Gasteiger partial charge is 0.497 e. The summed E-state index contributed by atoms with van der Waals surface area (Å²) in [4.78, 5) is 0. The van der Waals surface area contributed by atoms with E-state index in [9.17, 15) is 0 Å². The van der Waals surface area contributed by atoms with Gasteiger partial charge >= 0.3 is 0 Å². The summed E-state index contributed by atoms with van der Waals surface area (Å²) >= 11 is 0. The van der Waals surface area contributed by atoms with Crippen molar-refractivity contribution in [3.63, 3.8) is 0 Å². The van der Waals surface area contributed by atoms with Gasteiger partial charge in [-0.15, -0.1) is 10.2 Å². The first kappa shape index (κ1) is 18.1. The zero-order chi connectivity index (χ0) is 18.9. The third kappa shape index (κ3) is 5.15. The molecule has 0 spiro atoms. The Labute approximate surface area is 158 Å². The highest BCUT2D eigenvalue weighted by atomic mass is 16.5. The highest BCUT2D eigenvalue weighted by Crippen LogP contribution is 2.19. The Bertz CT molecular complexity index is 905. The molecule has 0 radical (unpaired) electrons. The van der Waals surface area contributed by atoms with Crippen LogP contribution < -0.4 is 14.9 Å². The van der Waals surface area contributed by atoms with Crippen molar-refractivity contribution in [2.24, 2.45) is 15.3 Å². The molecule has 0 aliphatic carbocycles. The molecule has 6 heteroatoms. The number of hydrazone groups is 1. The van der Waals surface area contributed by atoms with E-state index in [0.29, 0.717) is 11.5 Å². The van der Waals surface area contributed by atoms with Crippen LogP contribution >= 0.6 is 0 Å². The Morgan fingerprint density at radius 3 is 1.93 bits per heavy atom. The molecule has 136 valence electrons. The van der Waals surface area contributed by atoms with Gasteiger partial charge in [0.25, 0.3) is 0 Å². The van der Waals surface area contributed by atoms with Crippen LogP contribution in [-0.4, -0.2) is 20.1 Å². The summed E-state index contributed by atoms with van der Waals surface area (Å²) in [6.45, 7) is 0. The van der Waals surface area contributed by atoms with Crippen molar-refractivity contribution in [3.8, 4) is 11.5 Å². The molecule has 0 aromatic heterocycles. The molecule has 3 rings (SSSR count). The molecule has 0 saturated heterocycles. The molecule has 0 saturated carbocycles. The summed E-state index contributed by atoms with van der Waals surface area (Å²) in [6, 6.07) is 24.5. The van der Waals surface area contributed by atoms with E-state index in [2.05, 4.69) is 20.8 Å². The summed E-state index contributed by atoms with van der Waals surface area (Å²) in [5.74, 6) is 2.03. The molecule has 0 atom stereocenters. The van der Waals surface area contributed by atoms with Gasteiger partial charge in [0.15, 0.2) is 0 Å². The molecule has 0 unspecified atom stereocenters. The Kier molecular flexibility index (Phi) is 6.14. The van der Waals surface area contributed by atoms with E-state index in [1.54, 1.807) is 14.2 Å². The number of benzene rings is 3. The summed E-state index contributed by atoms with van der Waals surface area (Å²) in [7, 11) is 3.26. The van der Waals surface area contributed by atoms with Gasteiger partial charge < -0.3 is 9.47 Å². The summed E-state index contributed by atoms with van der Waals surface area (Å²) in [5, 5.41) is 13.0. The van der Waals surface area contributed by atoms with Gasteiger partial charge in [0.05, 0.1) is 25.6 Å². The van der Waals surface area contributed by atoms with Gasteiger partial charge in [-0.2, -0.15) is 5.10 Å². The lowest BCUT2D eigenvalue weighted by atomic mass is 10.2. The van der Waals surface area contributed by atoms with Crippen molar-refractivity contribution < 1.29 is 9.47 Å². The van der Waals surface area contributed by atoms with Gasteiger partial charge in [-0.3, -0.25) is 5.43 Å². The highest BCUT2D eigenvalue weighted by molar-refractivity contribution is 5.99. The fourth-order valence-electron chi connectivity index (χ4n) is 2.27. The van der Waals surface area contributed by atoms with E-state index < -0.39 is 0 Å². The minimum absolute atomic E-state index is 0.474. The number of amidine groups is 1. The van der Waals surface area contributed by atoms with E-state index in [1.165, 1.54) is 0 Å². The number of azo groups is 1. The standard InChI is InChI=1S/C21H20N4O2/c1-26-19-12-8-17(9-13-19)22-24-21(16-6-4-3-5-7-16)25-23-18-10-14-20(27-2)15-11-18/h3-15,22H,1-2H3/b24-21-,25-23?. The number of nitrogens with zero attached hydrogens (tertiary/aromatic N) is 3. The lowest BCUT2D eigenvalue weighted by molar-refractivity contribution is 0.415. The van der Waals surface area contributed by atoms with Gasteiger partial charge in [0.2, 0.25) is 5.84 Å². The summed E-state index contributed by atoms with van der Waals surface area (Å²) in [6.07, 6.45) is 0. The lowest BCUT2D eigenvalue weighted by Gasteiger charge is -2.05. The minimum atomic E-state index is 0.474.